The highest BCUT2D eigenvalue weighted by molar-refractivity contribution is 7.84. The van der Waals surface area contributed by atoms with Crippen LogP contribution in [0.5, 0.6) is 5.75 Å². The number of benzene rings is 3. The number of ether oxygens (including phenoxy) is 4. The van der Waals surface area contributed by atoms with E-state index >= 15 is 0 Å². The number of anilines is 2. The number of imidazole rings is 1. The van der Waals surface area contributed by atoms with Crippen molar-refractivity contribution < 1.29 is 28.0 Å². The van der Waals surface area contributed by atoms with E-state index in [-0.39, 0.29) is 12.0 Å². The van der Waals surface area contributed by atoms with Gasteiger partial charge in [0.1, 0.15) is 12.4 Å². The molecule has 0 saturated carbocycles. The minimum absolute atomic E-state index is 0.0119. The molecule has 0 spiro atoms. The van der Waals surface area contributed by atoms with Crippen LogP contribution in [0.4, 0.5) is 11.4 Å². The monoisotopic (exact) mass is 740 g/mol. The van der Waals surface area contributed by atoms with Gasteiger partial charge in [-0.2, -0.15) is 0 Å². The summed E-state index contributed by atoms with van der Waals surface area (Å²) in [4.78, 5) is 21.3. The predicted molar refractivity (Wildman–Crippen MR) is 211 cm³/mol. The minimum Gasteiger partial charge on any atom is -0.491 e. The van der Waals surface area contributed by atoms with E-state index in [1.54, 1.807) is 6.33 Å². The van der Waals surface area contributed by atoms with Crippen molar-refractivity contribution in [3.8, 4) is 16.9 Å². The fraction of sp³-hybridized carbons (Fsp3) is 0.429. The normalized spacial score (nSPS) is 17.6. The molecule has 0 radical (unpaired) electrons. The number of hydrogen-bond acceptors (Lipinski definition) is 8. The third-order valence-corrected chi connectivity index (χ3v) is 11.0. The number of unbranched alkanes of at least 4 members (excludes halogenated alkanes) is 1. The average molecular weight is 741 g/mol. The summed E-state index contributed by atoms with van der Waals surface area (Å²) in [6, 6.07) is 21.9. The number of aryl methyl sites for hydroxylation is 2. The summed E-state index contributed by atoms with van der Waals surface area (Å²) in [5.74, 6) is 1.05. The molecule has 1 amide bonds. The van der Waals surface area contributed by atoms with Gasteiger partial charge in [0.05, 0.1) is 66.8 Å². The van der Waals surface area contributed by atoms with Crippen LogP contribution in [-0.4, -0.2) is 78.5 Å². The highest BCUT2D eigenvalue weighted by Gasteiger charge is 2.23. The van der Waals surface area contributed by atoms with Gasteiger partial charge in [-0.15, -0.1) is 0 Å². The fourth-order valence-electron chi connectivity index (χ4n) is 6.62. The van der Waals surface area contributed by atoms with Gasteiger partial charge in [-0.05, 0) is 104 Å². The highest BCUT2D eigenvalue weighted by atomic mass is 32.2. The van der Waals surface area contributed by atoms with Crippen molar-refractivity contribution in [2.45, 2.75) is 69.8 Å². The molecular formula is C42H52N4O6S. The Morgan fingerprint density at radius 1 is 1.00 bits per heavy atom. The molecule has 3 aromatic carbocycles. The zero-order valence-electron chi connectivity index (χ0n) is 31.2. The lowest BCUT2D eigenvalue weighted by molar-refractivity contribution is -0.112. The van der Waals surface area contributed by atoms with Gasteiger partial charge in [0.15, 0.2) is 0 Å². The smallest absolute Gasteiger partial charge is 0.251 e. The Morgan fingerprint density at radius 3 is 2.57 bits per heavy atom. The first kappa shape index (κ1) is 38.4. The Balaban J connectivity index is 1.18. The van der Waals surface area contributed by atoms with Crippen molar-refractivity contribution >= 4 is 34.2 Å². The van der Waals surface area contributed by atoms with Gasteiger partial charge in [0, 0.05) is 48.1 Å². The summed E-state index contributed by atoms with van der Waals surface area (Å²) in [7, 11) is -1.24. The van der Waals surface area contributed by atoms with Crippen molar-refractivity contribution in [2.24, 2.45) is 0 Å². The van der Waals surface area contributed by atoms with Crippen LogP contribution in [0.3, 0.4) is 0 Å². The molecule has 10 nitrogen and oxygen atoms in total. The van der Waals surface area contributed by atoms with Crippen LogP contribution in [0.1, 0.15) is 56.5 Å². The SMILES string of the molecule is CCCCOCCOc1ccc(-c2ccc3c(c2)/C=C(/C(=O)Nc2ccc(S(=O)Cc4c(C)ncn4CC)cc2)CCCN3CC2COCCO2)cc1. The molecule has 2 aliphatic rings. The van der Waals surface area contributed by atoms with Crippen LogP contribution in [0.25, 0.3) is 17.2 Å². The Hall–Kier alpha value is -4.29. The first-order valence-electron chi connectivity index (χ1n) is 18.8. The van der Waals surface area contributed by atoms with Crippen LogP contribution >= 0.6 is 0 Å². The van der Waals surface area contributed by atoms with Crippen molar-refractivity contribution in [3.05, 3.63) is 95.6 Å². The fourth-order valence-corrected chi connectivity index (χ4v) is 7.85. The largest absolute Gasteiger partial charge is 0.491 e. The molecule has 282 valence electrons. The summed E-state index contributed by atoms with van der Waals surface area (Å²) in [5.41, 5.74) is 7.38. The van der Waals surface area contributed by atoms with Gasteiger partial charge in [-0.25, -0.2) is 4.98 Å². The van der Waals surface area contributed by atoms with E-state index in [0.29, 0.717) is 67.9 Å². The van der Waals surface area contributed by atoms with Crippen LogP contribution in [0, 0.1) is 6.92 Å². The molecule has 0 aliphatic carbocycles. The average Bonchev–Trinajstić information content (AvgIpc) is 3.53. The lowest BCUT2D eigenvalue weighted by atomic mass is 9.96. The second-order valence-electron chi connectivity index (χ2n) is 13.4. The zero-order chi connectivity index (χ0) is 37.0. The molecule has 0 bridgehead atoms. The molecule has 2 aliphatic heterocycles. The maximum Gasteiger partial charge on any atom is 0.251 e. The number of hydrogen-bond donors (Lipinski definition) is 1. The number of amides is 1. The number of carbonyl (C=O) groups is 1. The van der Waals surface area contributed by atoms with Gasteiger partial charge >= 0.3 is 0 Å². The van der Waals surface area contributed by atoms with Gasteiger partial charge in [-0.1, -0.05) is 31.5 Å². The molecule has 53 heavy (non-hydrogen) atoms. The van der Waals surface area contributed by atoms with Gasteiger partial charge < -0.3 is 33.7 Å². The van der Waals surface area contributed by atoms with E-state index in [1.165, 1.54) is 0 Å². The van der Waals surface area contributed by atoms with Crippen molar-refractivity contribution in [1.82, 2.24) is 9.55 Å². The van der Waals surface area contributed by atoms with Crippen LogP contribution < -0.4 is 15.0 Å². The molecule has 3 heterocycles. The van der Waals surface area contributed by atoms with E-state index in [1.807, 2.05) is 60.9 Å². The molecule has 4 aromatic rings. The number of nitrogens with zero attached hydrogens (tertiary/aromatic N) is 3. The number of fused-ring (bicyclic) bond motifs is 1. The molecule has 1 saturated heterocycles. The number of aromatic nitrogens is 2. The van der Waals surface area contributed by atoms with Crippen molar-refractivity contribution in [2.75, 3.05) is 62.9 Å². The molecule has 1 aromatic heterocycles. The van der Waals surface area contributed by atoms with Crippen molar-refractivity contribution in [1.29, 1.82) is 0 Å². The van der Waals surface area contributed by atoms with E-state index in [2.05, 4.69) is 52.5 Å². The standard InChI is InChI=1S/C42H52N4O6S/c1-4-6-20-49-21-23-51-37-14-9-32(10-15-37)33-11-18-40-35(25-33)26-34(8-7-19-46(40)27-38-28-50-22-24-52-38)42(47)44-36-12-16-39(17-13-36)53(48)29-41-31(3)43-30-45(41)5-2/h9-18,25-26,30,38H,4-8,19-24,27-29H2,1-3H3,(H,44,47)/b34-26+. The molecule has 11 heteroatoms. The van der Waals surface area contributed by atoms with Crippen LogP contribution in [0.15, 0.2) is 83.5 Å². The lowest BCUT2D eigenvalue weighted by Gasteiger charge is -2.33. The Labute approximate surface area is 316 Å². The molecule has 2 unspecified atom stereocenters. The molecule has 1 fully saturated rings. The Morgan fingerprint density at radius 2 is 1.81 bits per heavy atom. The topological polar surface area (TPSA) is 104 Å². The Kier molecular flexibility index (Phi) is 13.9. The summed E-state index contributed by atoms with van der Waals surface area (Å²) >= 11 is 0. The maximum absolute atomic E-state index is 13.8. The van der Waals surface area contributed by atoms with Crippen LogP contribution in [0.2, 0.25) is 0 Å². The third-order valence-electron chi connectivity index (χ3n) is 9.64. The summed E-state index contributed by atoms with van der Waals surface area (Å²) in [6.45, 7) is 12.1. The summed E-state index contributed by atoms with van der Waals surface area (Å²) in [6.07, 6.45) is 7.41. The summed E-state index contributed by atoms with van der Waals surface area (Å²) in [5, 5.41) is 3.10. The molecule has 6 rings (SSSR count). The second kappa shape index (κ2) is 19.2. The van der Waals surface area contributed by atoms with Crippen molar-refractivity contribution in [3.63, 3.8) is 0 Å². The Bertz CT molecular complexity index is 1850. The molecular weight excluding hydrogens is 689 g/mol. The quantitative estimate of drug-likeness (QED) is 0.119. The number of nitrogens with one attached hydrogen (secondary N) is 1. The third kappa shape index (κ3) is 10.4. The van der Waals surface area contributed by atoms with E-state index in [0.717, 1.165) is 78.5 Å². The summed E-state index contributed by atoms with van der Waals surface area (Å²) < 4.78 is 38.5. The van der Waals surface area contributed by atoms with E-state index in [4.69, 9.17) is 18.9 Å². The predicted octanol–water partition coefficient (Wildman–Crippen LogP) is 7.42. The van der Waals surface area contributed by atoms with E-state index < -0.39 is 10.8 Å². The highest BCUT2D eigenvalue weighted by Crippen LogP contribution is 2.33. The van der Waals surface area contributed by atoms with Gasteiger partial charge in [0.25, 0.3) is 5.91 Å². The van der Waals surface area contributed by atoms with Gasteiger partial charge in [-0.3, -0.25) is 9.00 Å². The zero-order valence-corrected chi connectivity index (χ0v) is 32.0. The maximum atomic E-state index is 13.8. The number of rotatable bonds is 16. The molecule has 1 N–H and O–H groups in total. The second-order valence-corrected chi connectivity index (χ2v) is 14.9. The van der Waals surface area contributed by atoms with Crippen LogP contribution in [-0.2, 0) is 42.1 Å². The number of carbonyl (C=O) groups excluding carboxylic acids is 1. The van der Waals surface area contributed by atoms with Gasteiger partial charge in [0.2, 0.25) is 0 Å². The first-order valence-corrected chi connectivity index (χ1v) is 20.1. The lowest BCUT2D eigenvalue weighted by Crippen LogP contribution is -2.41. The minimum atomic E-state index is -1.24. The van der Waals surface area contributed by atoms with E-state index in [9.17, 15) is 9.00 Å². The molecule has 2 atom stereocenters. The first-order chi connectivity index (χ1) is 25.9.